The van der Waals surface area contributed by atoms with Crippen LogP contribution in [0.1, 0.15) is 36.5 Å². The van der Waals surface area contributed by atoms with Crippen molar-refractivity contribution in [2.45, 2.75) is 46.3 Å². The minimum atomic E-state index is -0.996. The molecular formula is C14H20N6O3. The van der Waals surface area contributed by atoms with E-state index in [0.29, 0.717) is 12.1 Å². The van der Waals surface area contributed by atoms with Crippen LogP contribution in [0.5, 0.6) is 0 Å². The lowest BCUT2D eigenvalue weighted by molar-refractivity contribution is -0.138. The SMILES string of the molecule is Cc1cc(C)n(C(C)CC(=O)NCc2cn(CC(=O)O)nn2)n1. The number of carbonyl (C=O) groups excluding carboxylic acids is 1. The zero-order valence-electron chi connectivity index (χ0n) is 13.4. The van der Waals surface area contributed by atoms with Crippen LogP contribution in [-0.2, 0) is 22.7 Å². The van der Waals surface area contributed by atoms with Gasteiger partial charge < -0.3 is 10.4 Å². The number of hydrogen-bond acceptors (Lipinski definition) is 5. The van der Waals surface area contributed by atoms with Gasteiger partial charge in [0.05, 0.1) is 24.5 Å². The third-order valence-corrected chi connectivity index (χ3v) is 3.29. The van der Waals surface area contributed by atoms with Crippen LogP contribution < -0.4 is 5.32 Å². The number of aliphatic carboxylic acids is 1. The van der Waals surface area contributed by atoms with Crippen LogP contribution in [0.2, 0.25) is 0 Å². The van der Waals surface area contributed by atoms with Gasteiger partial charge in [-0.15, -0.1) is 5.10 Å². The molecule has 0 radical (unpaired) electrons. The number of nitrogens with zero attached hydrogens (tertiary/aromatic N) is 5. The largest absolute Gasteiger partial charge is 0.480 e. The van der Waals surface area contributed by atoms with Gasteiger partial charge in [-0.05, 0) is 26.8 Å². The fourth-order valence-electron chi connectivity index (χ4n) is 2.34. The molecule has 0 bridgehead atoms. The predicted octanol–water partition coefficient (Wildman–Crippen LogP) is 0.444. The molecule has 0 saturated carbocycles. The summed E-state index contributed by atoms with van der Waals surface area (Å²) in [6.45, 7) is 5.76. The van der Waals surface area contributed by atoms with E-state index in [9.17, 15) is 9.59 Å². The van der Waals surface area contributed by atoms with Crippen molar-refractivity contribution in [2.24, 2.45) is 0 Å². The van der Waals surface area contributed by atoms with Crippen molar-refractivity contribution in [3.8, 4) is 0 Å². The number of nitrogens with one attached hydrogen (secondary N) is 1. The number of aromatic nitrogens is 5. The zero-order valence-corrected chi connectivity index (χ0v) is 13.4. The third kappa shape index (κ3) is 4.63. The maximum atomic E-state index is 12.0. The van der Waals surface area contributed by atoms with E-state index in [0.717, 1.165) is 11.4 Å². The lowest BCUT2D eigenvalue weighted by Gasteiger charge is -2.13. The summed E-state index contributed by atoms with van der Waals surface area (Å²) in [4.78, 5) is 22.6. The van der Waals surface area contributed by atoms with E-state index in [4.69, 9.17) is 5.11 Å². The molecule has 0 spiro atoms. The fourth-order valence-corrected chi connectivity index (χ4v) is 2.34. The van der Waals surface area contributed by atoms with E-state index in [1.807, 2.05) is 31.5 Å². The quantitative estimate of drug-likeness (QED) is 0.765. The second-order valence-electron chi connectivity index (χ2n) is 5.50. The topological polar surface area (TPSA) is 115 Å². The number of aryl methyl sites for hydroxylation is 2. The zero-order chi connectivity index (χ0) is 17.0. The smallest absolute Gasteiger partial charge is 0.325 e. The van der Waals surface area contributed by atoms with Crippen molar-refractivity contribution in [3.63, 3.8) is 0 Å². The van der Waals surface area contributed by atoms with Gasteiger partial charge in [-0.25, -0.2) is 4.68 Å². The maximum Gasteiger partial charge on any atom is 0.325 e. The molecule has 0 aromatic carbocycles. The normalized spacial score (nSPS) is 12.1. The van der Waals surface area contributed by atoms with E-state index in [2.05, 4.69) is 20.7 Å². The highest BCUT2D eigenvalue weighted by Gasteiger charge is 2.14. The van der Waals surface area contributed by atoms with Crippen molar-refractivity contribution in [1.82, 2.24) is 30.1 Å². The highest BCUT2D eigenvalue weighted by molar-refractivity contribution is 5.76. The molecule has 0 aliphatic heterocycles. The minimum absolute atomic E-state index is 0.0496. The molecule has 2 heterocycles. The standard InChI is InChI=1S/C14H20N6O3/c1-9-4-10(2)20(17-9)11(3)5-13(21)15-6-12-7-19(18-16-12)8-14(22)23/h4,7,11H,5-6,8H2,1-3H3,(H,15,21)(H,22,23). The number of rotatable bonds is 7. The van der Waals surface area contributed by atoms with E-state index >= 15 is 0 Å². The molecule has 0 fully saturated rings. The number of carboxylic acid groups (broad SMARTS) is 1. The monoisotopic (exact) mass is 320 g/mol. The van der Waals surface area contributed by atoms with Gasteiger partial charge in [0.2, 0.25) is 5.91 Å². The summed E-state index contributed by atoms with van der Waals surface area (Å²) in [6, 6.07) is 1.92. The molecule has 23 heavy (non-hydrogen) atoms. The van der Waals surface area contributed by atoms with Crippen molar-refractivity contribution in [2.75, 3.05) is 0 Å². The Bertz CT molecular complexity index is 705. The number of carboxylic acids is 1. The highest BCUT2D eigenvalue weighted by Crippen LogP contribution is 2.14. The molecule has 124 valence electrons. The summed E-state index contributed by atoms with van der Waals surface area (Å²) in [5, 5.41) is 23.3. The van der Waals surface area contributed by atoms with Crippen LogP contribution in [0.25, 0.3) is 0 Å². The van der Waals surface area contributed by atoms with Crippen LogP contribution in [-0.4, -0.2) is 41.8 Å². The molecule has 9 nitrogen and oxygen atoms in total. The van der Waals surface area contributed by atoms with Gasteiger partial charge in [-0.2, -0.15) is 5.10 Å². The maximum absolute atomic E-state index is 12.0. The Labute approximate surface area is 133 Å². The van der Waals surface area contributed by atoms with Gasteiger partial charge in [0.15, 0.2) is 0 Å². The minimum Gasteiger partial charge on any atom is -0.480 e. The van der Waals surface area contributed by atoms with Gasteiger partial charge in [-0.1, -0.05) is 5.21 Å². The first-order chi connectivity index (χ1) is 10.8. The van der Waals surface area contributed by atoms with E-state index < -0.39 is 5.97 Å². The summed E-state index contributed by atoms with van der Waals surface area (Å²) in [7, 11) is 0. The highest BCUT2D eigenvalue weighted by atomic mass is 16.4. The molecule has 1 unspecified atom stereocenters. The van der Waals surface area contributed by atoms with Crippen molar-refractivity contribution >= 4 is 11.9 Å². The van der Waals surface area contributed by atoms with Crippen LogP contribution in [0, 0.1) is 13.8 Å². The molecule has 2 rings (SSSR count). The second-order valence-corrected chi connectivity index (χ2v) is 5.50. The first-order valence-electron chi connectivity index (χ1n) is 7.25. The van der Waals surface area contributed by atoms with Crippen LogP contribution in [0.15, 0.2) is 12.3 Å². The first-order valence-corrected chi connectivity index (χ1v) is 7.25. The summed E-state index contributed by atoms with van der Waals surface area (Å²) in [6.07, 6.45) is 1.80. The van der Waals surface area contributed by atoms with Crippen LogP contribution in [0.3, 0.4) is 0 Å². The van der Waals surface area contributed by atoms with Gasteiger partial charge in [0.1, 0.15) is 12.2 Å². The van der Waals surface area contributed by atoms with Gasteiger partial charge in [0, 0.05) is 12.1 Å². The Kier molecular flexibility index (Phi) is 5.09. The van der Waals surface area contributed by atoms with Gasteiger partial charge in [-0.3, -0.25) is 14.3 Å². The first kappa shape index (κ1) is 16.7. The summed E-state index contributed by atoms with van der Waals surface area (Å²) in [5.74, 6) is -1.12. The Balaban J connectivity index is 1.84. The summed E-state index contributed by atoms with van der Waals surface area (Å²) < 4.78 is 3.04. The molecule has 0 saturated heterocycles. The number of hydrogen-bond donors (Lipinski definition) is 2. The summed E-state index contributed by atoms with van der Waals surface area (Å²) in [5.41, 5.74) is 2.45. The molecule has 2 aromatic heterocycles. The average molecular weight is 320 g/mol. The Morgan fingerprint density at radius 3 is 2.74 bits per heavy atom. The van der Waals surface area contributed by atoms with E-state index in [-0.39, 0.29) is 25.0 Å². The lowest BCUT2D eigenvalue weighted by atomic mass is 10.2. The molecule has 2 N–H and O–H groups in total. The van der Waals surface area contributed by atoms with E-state index in [1.165, 1.54) is 10.9 Å². The second kappa shape index (κ2) is 7.03. The van der Waals surface area contributed by atoms with Crippen LogP contribution in [0.4, 0.5) is 0 Å². The number of carbonyl (C=O) groups is 2. The molecule has 9 heteroatoms. The fraction of sp³-hybridized carbons (Fsp3) is 0.500. The Hall–Kier alpha value is -2.71. The third-order valence-electron chi connectivity index (χ3n) is 3.29. The molecule has 1 atom stereocenters. The lowest BCUT2D eigenvalue weighted by Crippen LogP contribution is -2.26. The molecule has 1 amide bonds. The Morgan fingerprint density at radius 1 is 1.39 bits per heavy atom. The van der Waals surface area contributed by atoms with Crippen molar-refractivity contribution < 1.29 is 14.7 Å². The van der Waals surface area contributed by atoms with Crippen molar-refractivity contribution in [1.29, 1.82) is 0 Å². The number of amides is 1. The molecule has 0 aliphatic rings. The van der Waals surface area contributed by atoms with Gasteiger partial charge >= 0.3 is 5.97 Å². The predicted molar refractivity (Wildman–Crippen MR) is 80.5 cm³/mol. The molecule has 2 aromatic rings. The van der Waals surface area contributed by atoms with Crippen LogP contribution >= 0.6 is 0 Å². The van der Waals surface area contributed by atoms with Gasteiger partial charge in [0.25, 0.3) is 0 Å². The van der Waals surface area contributed by atoms with Crippen molar-refractivity contribution in [3.05, 3.63) is 29.3 Å². The molecule has 0 aliphatic carbocycles. The Morgan fingerprint density at radius 2 is 2.13 bits per heavy atom. The van der Waals surface area contributed by atoms with E-state index in [1.54, 1.807) is 0 Å². The molecular weight excluding hydrogens is 300 g/mol. The summed E-state index contributed by atoms with van der Waals surface area (Å²) >= 11 is 0. The average Bonchev–Trinajstić information content (AvgIpc) is 3.02.